The highest BCUT2D eigenvalue weighted by Gasteiger charge is 2.07. The maximum Gasteiger partial charge on any atom is 0.128 e. The van der Waals surface area contributed by atoms with Crippen molar-refractivity contribution in [3.05, 3.63) is 46.3 Å². The topological polar surface area (TPSA) is 36.4 Å². The number of hydrogen-bond donors (Lipinski definition) is 1. The Balaban J connectivity index is 2.11. The molecule has 0 unspecified atom stereocenters. The zero-order valence-corrected chi connectivity index (χ0v) is 10.7. The molecule has 0 saturated carbocycles. The third-order valence-electron chi connectivity index (χ3n) is 2.62. The summed E-state index contributed by atoms with van der Waals surface area (Å²) in [4.78, 5) is 7.92. The van der Waals surface area contributed by atoms with Gasteiger partial charge < -0.3 is 10.0 Å². The Morgan fingerprint density at radius 3 is 2.76 bits per heavy atom. The molecule has 0 bridgehead atoms. The molecule has 0 amide bonds. The van der Waals surface area contributed by atoms with Crippen molar-refractivity contribution in [1.82, 2.24) is 4.98 Å². The molecular formula is C13H16N2OS. The molecule has 0 aromatic carbocycles. The van der Waals surface area contributed by atoms with Gasteiger partial charge in [-0.15, -0.1) is 11.3 Å². The summed E-state index contributed by atoms with van der Waals surface area (Å²) in [5, 5.41) is 11.1. The van der Waals surface area contributed by atoms with E-state index in [4.69, 9.17) is 5.11 Å². The van der Waals surface area contributed by atoms with Gasteiger partial charge in [0.1, 0.15) is 5.82 Å². The average molecular weight is 248 g/mol. The summed E-state index contributed by atoms with van der Waals surface area (Å²) in [5.74, 6) is 0.957. The van der Waals surface area contributed by atoms with Crippen molar-refractivity contribution in [3.63, 3.8) is 0 Å². The lowest BCUT2D eigenvalue weighted by Gasteiger charge is -2.21. The lowest BCUT2D eigenvalue weighted by Crippen LogP contribution is -2.22. The first kappa shape index (κ1) is 12.1. The van der Waals surface area contributed by atoms with Gasteiger partial charge in [-0.05, 0) is 30.0 Å². The molecule has 2 rings (SSSR count). The maximum atomic E-state index is 8.98. The quantitative estimate of drug-likeness (QED) is 0.883. The molecule has 0 aliphatic heterocycles. The predicted octanol–water partition coefficient (Wildman–Crippen LogP) is 2.66. The molecule has 0 aliphatic carbocycles. The normalized spacial score (nSPS) is 10.5. The van der Waals surface area contributed by atoms with E-state index in [1.165, 1.54) is 4.88 Å². The Hall–Kier alpha value is -1.39. The summed E-state index contributed by atoms with van der Waals surface area (Å²) < 4.78 is 0. The van der Waals surface area contributed by atoms with E-state index in [9.17, 15) is 0 Å². The van der Waals surface area contributed by atoms with Crippen molar-refractivity contribution in [2.24, 2.45) is 0 Å². The van der Waals surface area contributed by atoms with E-state index in [1.54, 1.807) is 17.5 Å². The lowest BCUT2D eigenvalue weighted by atomic mass is 10.3. The highest BCUT2D eigenvalue weighted by molar-refractivity contribution is 7.09. The second-order valence-electron chi connectivity index (χ2n) is 3.78. The van der Waals surface area contributed by atoms with Crippen molar-refractivity contribution in [2.75, 3.05) is 11.4 Å². The highest BCUT2D eigenvalue weighted by Crippen LogP contribution is 2.17. The molecule has 2 heterocycles. The molecule has 0 fully saturated rings. The van der Waals surface area contributed by atoms with Crippen molar-refractivity contribution in [3.8, 4) is 0 Å². The van der Waals surface area contributed by atoms with Crippen LogP contribution in [0.2, 0.25) is 0 Å². The molecular weight excluding hydrogens is 232 g/mol. The first-order chi connectivity index (χ1) is 8.33. The van der Waals surface area contributed by atoms with Gasteiger partial charge in [-0.1, -0.05) is 12.1 Å². The first-order valence-corrected chi connectivity index (χ1v) is 6.54. The van der Waals surface area contributed by atoms with Gasteiger partial charge in [-0.3, -0.25) is 0 Å². The number of anilines is 1. The van der Waals surface area contributed by atoms with E-state index >= 15 is 0 Å². The van der Waals surface area contributed by atoms with E-state index in [0.29, 0.717) is 0 Å². The average Bonchev–Trinajstić information content (AvgIpc) is 2.89. The number of aliphatic hydroxyl groups is 1. The van der Waals surface area contributed by atoms with Crippen LogP contribution in [0.25, 0.3) is 0 Å². The van der Waals surface area contributed by atoms with Gasteiger partial charge in [-0.2, -0.15) is 0 Å². The fraction of sp³-hybridized carbons (Fsp3) is 0.308. The number of hydrogen-bond acceptors (Lipinski definition) is 4. The number of pyridine rings is 1. The Morgan fingerprint density at radius 1 is 1.35 bits per heavy atom. The number of thiophene rings is 1. The standard InChI is InChI=1S/C13H16N2OS/c1-2-15(9-12-4-3-7-17-12)13-6-5-11(10-16)8-14-13/h3-8,16H,2,9-10H2,1H3. The van der Waals surface area contributed by atoms with E-state index in [0.717, 1.165) is 24.5 Å². The zero-order chi connectivity index (χ0) is 12.1. The minimum Gasteiger partial charge on any atom is -0.392 e. The largest absolute Gasteiger partial charge is 0.392 e. The van der Waals surface area contributed by atoms with Gasteiger partial charge >= 0.3 is 0 Å². The summed E-state index contributed by atoms with van der Waals surface area (Å²) in [7, 11) is 0. The van der Waals surface area contributed by atoms with Gasteiger partial charge in [0.05, 0.1) is 13.2 Å². The second-order valence-corrected chi connectivity index (χ2v) is 4.81. The van der Waals surface area contributed by atoms with Crippen LogP contribution in [0.4, 0.5) is 5.82 Å². The van der Waals surface area contributed by atoms with E-state index in [2.05, 4.69) is 34.3 Å². The fourth-order valence-electron chi connectivity index (χ4n) is 1.64. The van der Waals surface area contributed by atoms with Crippen LogP contribution in [-0.4, -0.2) is 16.6 Å². The third-order valence-corrected chi connectivity index (χ3v) is 3.49. The van der Waals surface area contributed by atoms with Crippen molar-refractivity contribution >= 4 is 17.2 Å². The molecule has 17 heavy (non-hydrogen) atoms. The number of aromatic nitrogens is 1. The Kier molecular flexibility index (Phi) is 4.12. The smallest absolute Gasteiger partial charge is 0.128 e. The minimum absolute atomic E-state index is 0.0460. The summed E-state index contributed by atoms with van der Waals surface area (Å²) >= 11 is 1.76. The SMILES string of the molecule is CCN(Cc1cccs1)c1ccc(CO)cn1. The molecule has 90 valence electrons. The van der Waals surface area contributed by atoms with Crippen LogP contribution in [0.15, 0.2) is 35.8 Å². The Bertz CT molecular complexity index is 439. The molecule has 2 aromatic rings. The van der Waals surface area contributed by atoms with Gasteiger partial charge in [0, 0.05) is 17.6 Å². The molecule has 2 aromatic heterocycles. The van der Waals surface area contributed by atoms with Crippen LogP contribution in [0.3, 0.4) is 0 Å². The third kappa shape index (κ3) is 3.05. The molecule has 0 spiro atoms. The van der Waals surface area contributed by atoms with E-state index in [-0.39, 0.29) is 6.61 Å². The van der Waals surface area contributed by atoms with Gasteiger partial charge in [0.2, 0.25) is 0 Å². The summed E-state index contributed by atoms with van der Waals surface area (Å²) in [6.45, 7) is 3.97. The number of nitrogens with zero attached hydrogens (tertiary/aromatic N) is 2. The maximum absolute atomic E-state index is 8.98. The van der Waals surface area contributed by atoms with Crippen molar-refractivity contribution in [1.29, 1.82) is 0 Å². The van der Waals surface area contributed by atoms with Gasteiger partial charge in [-0.25, -0.2) is 4.98 Å². The van der Waals surface area contributed by atoms with Crippen molar-refractivity contribution < 1.29 is 5.11 Å². The van der Waals surface area contributed by atoms with E-state index < -0.39 is 0 Å². The van der Waals surface area contributed by atoms with Gasteiger partial charge in [0.15, 0.2) is 0 Å². The Morgan fingerprint density at radius 2 is 2.24 bits per heavy atom. The second kappa shape index (κ2) is 5.80. The van der Waals surface area contributed by atoms with Crippen LogP contribution in [-0.2, 0) is 13.2 Å². The van der Waals surface area contributed by atoms with E-state index in [1.807, 2.05) is 12.1 Å². The van der Waals surface area contributed by atoms with Crippen LogP contribution in [0.1, 0.15) is 17.4 Å². The van der Waals surface area contributed by atoms with Gasteiger partial charge in [0.25, 0.3) is 0 Å². The monoisotopic (exact) mass is 248 g/mol. The fourth-order valence-corrected chi connectivity index (χ4v) is 2.36. The number of rotatable bonds is 5. The van der Waals surface area contributed by atoms with Crippen LogP contribution >= 0.6 is 11.3 Å². The summed E-state index contributed by atoms with van der Waals surface area (Å²) in [5.41, 5.74) is 0.848. The molecule has 4 heteroatoms. The van der Waals surface area contributed by atoms with Crippen LogP contribution < -0.4 is 4.90 Å². The summed E-state index contributed by atoms with van der Waals surface area (Å²) in [6, 6.07) is 8.08. The lowest BCUT2D eigenvalue weighted by molar-refractivity contribution is 0.281. The summed E-state index contributed by atoms with van der Waals surface area (Å²) in [6.07, 6.45) is 1.73. The highest BCUT2D eigenvalue weighted by atomic mass is 32.1. The molecule has 0 atom stereocenters. The van der Waals surface area contributed by atoms with Crippen molar-refractivity contribution in [2.45, 2.75) is 20.1 Å². The molecule has 0 saturated heterocycles. The predicted molar refractivity (Wildman–Crippen MR) is 71.2 cm³/mol. The first-order valence-electron chi connectivity index (χ1n) is 5.66. The minimum atomic E-state index is 0.0460. The molecule has 0 radical (unpaired) electrons. The van der Waals surface area contributed by atoms with Crippen LogP contribution in [0.5, 0.6) is 0 Å². The van der Waals surface area contributed by atoms with Crippen LogP contribution in [0, 0.1) is 0 Å². The zero-order valence-electron chi connectivity index (χ0n) is 9.84. The molecule has 1 N–H and O–H groups in total. The molecule has 0 aliphatic rings. The Labute approximate surface area is 105 Å². The number of aliphatic hydroxyl groups excluding tert-OH is 1. The molecule has 3 nitrogen and oxygen atoms in total.